The van der Waals surface area contributed by atoms with Crippen molar-refractivity contribution in [3.63, 3.8) is 0 Å². The molecule has 6 nitrogen and oxygen atoms in total. The molecule has 0 heterocycles. The molecular weight excluding hydrogens is 534 g/mol. The highest BCUT2D eigenvalue weighted by Crippen LogP contribution is 2.22. The van der Waals surface area contributed by atoms with Gasteiger partial charge in [0.15, 0.2) is 0 Å². The van der Waals surface area contributed by atoms with Crippen LogP contribution in [0.25, 0.3) is 0 Å². The molecule has 0 aliphatic carbocycles. The highest BCUT2D eigenvalue weighted by molar-refractivity contribution is 9.10. The molecule has 0 amide bonds. The van der Waals surface area contributed by atoms with Gasteiger partial charge >= 0.3 is 11.9 Å². The van der Waals surface area contributed by atoms with E-state index in [0.29, 0.717) is 18.6 Å². The van der Waals surface area contributed by atoms with Gasteiger partial charge < -0.3 is 14.2 Å². The van der Waals surface area contributed by atoms with E-state index in [-0.39, 0.29) is 11.9 Å². The molecule has 0 unspecified atom stereocenters. The van der Waals surface area contributed by atoms with E-state index in [4.69, 9.17) is 14.2 Å². The van der Waals surface area contributed by atoms with E-state index in [0.717, 1.165) is 65.8 Å². The number of benzene rings is 3. The van der Waals surface area contributed by atoms with Gasteiger partial charge in [0.05, 0.1) is 19.8 Å². The van der Waals surface area contributed by atoms with E-state index in [2.05, 4.69) is 26.9 Å². The summed E-state index contributed by atoms with van der Waals surface area (Å²) in [6.45, 7) is 2.92. The maximum atomic E-state index is 11.8. The van der Waals surface area contributed by atoms with Crippen molar-refractivity contribution in [2.45, 2.75) is 38.8 Å². The lowest BCUT2D eigenvalue weighted by Gasteiger charge is -2.23. The predicted molar refractivity (Wildman–Crippen MR) is 148 cm³/mol. The fraction of sp³-hybridized carbons (Fsp3) is 0.333. The number of hydrogen-bond donors (Lipinski definition) is 0. The van der Waals surface area contributed by atoms with Crippen LogP contribution in [0.2, 0.25) is 0 Å². The van der Waals surface area contributed by atoms with Crippen molar-refractivity contribution in [1.29, 1.82) is 0 Å². The highest BCUT2D eigenvalue weighted by atomic mass is 79.9. The van der Waals surface area contributed by atoms with Crippen LogP contribution in [0.3, 0.4) is 0 Å². The van der Waals surface area contributed by atoms with E-state index >= 15 is 0 Å². The monoisotopic (exact) mass is 567 g/mol. The normalized spacial score (nSPS) is 10.8. The van der Waals surface area contributed by atoms with Crippen molar-refractivity contribution in [3.8, 4) is 5.75 Å². The molecule has 0 atom stereocenters. The molecule has 37 heavy (non-hydrogen) atoms. The quantitative estimate of drug-likeness (QED) is 0.170. The zero-order chi connectivity index (χ0) is 26.5. The van der Waals surface area contributed by atoms with Crippen LogP contribution < -0.4 is 4.74 Å². The fourth-order valence-electron chi connectivity index (χ4n) is 3.97. The Morgan fingerprint density at radius 2 is 1.51 bits per heavy atom. The highest BCUT2D eigenvalue weighted by Gasteiger charge is 2.12. The zero-order valence-electron chi connectivity index (χ0n) is 21.5. The van der Waals surface area contributed by atoms with Gasteiger partial charge in [-0.05, 0) is 72.8 Å². The van der Waals surface area contributed by atoms with Crippen LogP contribution in [0.15, 0.2) is 77.3 Å². The number of nitrogens with zero attached hydrogens (tertiary/aromatic N) is 1. The molecule has 0 bridgehead atoms. The molecule has 0 saturated heterocycles. The molecule has 0 radical (unpaired) electrons. The summed E-state index contributed by atoms with van der Waals surface area (Å²) in [4.78, 5) is 25.6. The van der Waals surface area contributed by atoms with Crippen molar-refractivity contribution in [1.82, 2.24) is 4.90 Å². The van der Waals surface area contributed by atoms with Gasteiger partial charge in [-0.15, -0.1) is 0 Å². The Hall–Kier alpha value is -3.16. The third kappa shape index (κ3) is 9.67. The Labute approximate surface area is 227 Å². The molecule has 0 fully saturated rings. The summed E-state index contributed by atoms with van der Waals surface area (Å²) in [5, 5.41) is 0. The van der Waals surface area contributed by atoms with Gasteiger partial charge in [-0.2, -0.15) is 0 Å². The van der Waals surface area contributed by atoms with Gasteiger partial charge in [0.2, 0.25) is 0 Å². The van der Waals surface area contributed by atoms with Crippen LogP contribution in [0.5, 0.6) is 5.75 Å². The Morgan fingerprint density at radius 3 is 2.22 bits per heavy atom. The molecule has 0 aromatic heterocycles. The second-order valence-corrected chi connectivity index (χ2v) is 9.69. The van der Waals surface area contributed by atoms with Crippen molar-refractivity contribution >= 4 is 27.9 Å². The smallest absolute Gasteiger partial charge is 0.337 e. The second kappa shape index (κ2) is 15.2. The summed E-state index contributed by atoms with van der Waals surface area (Å²) in [5.41, 5.74) is 3.91. The topological polar surface area (TPSA) is 65.1 Å². The van der Waals surface area contributed by atoms with Gasteiger partial charge in [0.1, 0.15) is 12.4 Å². The molecule has 0 aliphatic rings. The van der Waals surface area contributed by atoms with Crippen molar-refractivity contribution < 1.29 is 23.8 Å². The van der Waals surface area contributed by atoms with E-state index in [1.165, 1.54) is 14.2 Å². The Kier molecular flexibility index (Phi) is 11.7. The summed E-state index contributed by atoms with van der Waals surface area (Å²) in [6, 6.07) is 23.8. The number of para-hydroxylation sites is 1. The van der Waals surface area contributed by atoms with Crippen molar-refractivity contribution in [3.05, 3.63) is 99.5 Å². The molecule has 0 saturated carbocycles. The van der Waals surface area contributed by atoms with Crippen LogP contribution in [0, 0.1) is 0 Å². The van der Waals surface area contributed by atoms with Crippen molar-refractivity contribution in [2.75, 3.05) is 27.3 Å². The fourth-order valence-corrected chi connectivity index (χ4v) is 4.23. The average molecular weight is 569 g/mol. The molecule has 7 heteroatoms. The maximum absolute atomic E-state index is 11.8. The number of carbonyl (C=O) groups is 2. The van der Waals surface area contributed by atoms with Crippen LogP contribution in [0.4, 0.5) is 0 Å². The lowest BCUT2D eigenvalue weighted by atomic mass is 10.1. The lowest BCUT2D eigenvalue weighted by molar-refractivity contribution is -0.140. The largest absolute Gasteiger partial charge is 0.489 e. The molecule has 3 rings (SSSR count). The van der Waals surface area contributed by atoms with Gasteiger partial charge in [-0.25, -0.2) is 4.79 Å². The number of rotatable bonds is 14. The third-order valence-corrected chi connectivity index (χ3v) is 6.62. The lowest BCUT2D eigenvalue weighted by Crippen LogP contribution is -2.27. The second-order valence-electron chi connectivity index (χ2n) is 8.77. The number of methoxy groups -OCH3 is 2. The van der Waals surface area contributed by atoms with Crippen LogP contribution in [-0.2, 0) is 33.8 Å². The Morgan fingerprint density at radius 1 is 0.811 bits per heavy atom. The number of halogens is 1. The number of carbonyl (C=O) groups excluding carboxylic acids is 2. The van der Waals surface area contributed by atoms with E-state index in [9.17, 15) is 9.59 Å². The van der Waals surface area contributed by atoms with Crippen molar-refractivity contribution in [2.24, 2.45) is 0 Å². The first-order valence-electron chi connectivity index (χ1n) is 12.4. The molecule has 0 aliphatic heterocycles. The van der Waals surface area contributed by atoms with Crippen LogP contribution in [-0.4, -0.2) is 44.1 Å². The number of esters is 2. The molecule has 3 aromatic rings. The first-order chi connectivity index (χ1) is 18.0. The molecule has 0 N–H and O–H groups in total. The summed E-state index contributed by atoms with van der Waals surface area (Å²) in [6.07, 6.45) is 2.91. The molecule has 0 spiro atoms. The summed E-state index contributed by atoms with van der Waals surface area (Å²) < 4.78 is 16.8. The zero-order valence-corrected chi connectivity index (χ0v) is 23.0. The maximum Gasteiger partial charge on any atom is 0.337 e. The van der Waals surface area contributed by atoms with Gasteiger partial charge in [0, 0.05) is 24.0 Å². The third-order valence-electron chi connectivity index (χ3n) is 6.09. The number of ether oxygens (including phenoxy) is 3. The summed E-state index contributed by atoms with van der Waals surface area (Å²) in [7, 11) is 2.80. The first kappa shape index (κ1) is 28.4. The summed E-state index contributed by atoms with van der Waals surface area (Å²) >= 11 is 3.47. The summed E-state index contributed by atoms with van der Waals surface area (Å²) in [5.74, 6) is 0.367. The predicted octanol–water partition coefficient (Wildman–Crippen LogP) is 6.20. The standard InChI is InChI=1S/C30H34BrNO5/c1-35-29(33)9-5-6-19-32(21-23-10-14-26(15-11-23)30(34)36-2)20-18-25-7-3-4-8-28(25)37-22-24-12-16-27(31)17-13-24/h3-4,7-8,10-17H,5-6,9,18-22H2,1-2H3. The van der Waals surface area contributed by atoms with Gasteiger partial charge in [-0.3, -0.25) is 9.69 Å². The minimum absolute atomic E-state index is 0.179. The van der Waals surface area contributed by atoms with Crippen LogP contribution in [0.1, 0.15) is 46.3 Å². The van der Waals surface area contributed by atoms with E-state index in [1.807, 2.05) is 54.6 Å². The van der Waals surface area contributed by atoms with E-state index in [1.54, 1.807) is 12.1 Å². The minimum atomic E-state index is -0.342. The van der Waals surface area contributed by atoms with Crippen LogP contribution >= 0.6 is 15.9 Å². The minimum Gasteiger partial charge on any atom is -0.489 e. The molecular formula is C30H34BrNO5. The Bertz CT molecular complexity index is 1130. The molecule has 196 valence electrons. The van der Waals surface area contributed by atoms with E-state index < -0.39 is 0 Å². The van der Waals surface area contributed by atoms with Gasteiger partial charge in [-0.1, -0.05) is 58.4 Å². The van der Waals surface area contributed by atoms with Gasteiger partial charge in [0.25, 0.3) is 0 Å². The Balaban J connectivity index is 1.63. The number of unbranched alkanes of at least 4 members (excludes halogenated alkanes) is 1. The first-order valence-corrected chi connectivity index (χ1v) is 13.2. The number of hydrogen-bond acceptors (Lipinski definition) is 6. The average Bonchev–Trinajstić information content (AvgIpc) is 2.93. The molecule has 3 aromatic carbocycles. The SMILES string of the molecule is COC(=O)CCCCN(CCc1ccccc1OCc1ccc(Br)cc1)Cc1ccc(C(=O)OC)cc1.